The molecule has 0 aliphatic carbocycles. The summed E-state index contributed by atoms with van der Waals surface area (Å²) in [6.07, 6.45) is 2.59. The van der Waals surface area contributed by atoms with E-state index in [1.54, 1.807) is 30.3 Å². The minimum absolute atomic E-state index is 0.00184. The van der Waals surface area contributed by atoms with Crippen LogP contribution in [-0.2, 0) is 9.59 Å². The van der Waals surface area contributed by atoms with Crippen LogP contribution in [0.2, 0.25) is 0 Å². The smallest absolute Gasteiger partial charge is 0.253 e. The Kier molecular flexibility index (Phi) is 7.80. The Balaban J connectivity index is 1.38. The molecule has 0 atom stereocenters. The second-order valence-electron chi connectivity index (χ2n) is 9.85. The molecule has 0 radical (unpaired) electrons. The molecule has 2 aromatic carbocycles. The van der Waals surface area contributed by atoms with E-state index in [1.165, 1.54) is 13.8 Å². The largest absolute Gasteiger partial charge is 0.494 e. The van der Waals surface area contributed by atoms with Crippen LogP contribution in [0.3, 0.4) is 0 Å². The van der Waals surface area contributed by atoms with E-state index in [0.29, 0.717) is 55.3 Å². The van der Waals surface area contributed by atoms with Crippen LogP contribution in [0.1, 0.15) is 60.7 Å². The van der Waals surface area contributed by atoms with Gasteiger partial charge in [-0.05, 0) is 74.1 Å². The average molecular weight is 507 g/mol. The van der Waals surface area contributed by atoms with E-state index in [2.05, 4.69) is 10.6 Å². The Labute approximate surface area is 217 Å². The van der Waals surface area contributed by atoms with Crippen LogP contribution in [0.25, 0.3) is 0 Å². The normalized spacial score (nSPS) is 16.4. The van der Waals surface area contributed by atoms with Crippen molar-refractivity contribution in [3.05, 3.63) is 53.6 Å². The summed E-state index contributed by atoms with van der Waals surface area (Å²) in [4.78, 5) is 53.2. The molecule has 0 unspecified atom stereocenters. The van der Waals surface area contributed by atoms with Gasteiger partial charge >= 0.3 is 0 Å². The molecule has 2 saturated heterocycles. The molecule has 9 nitrogen and oxygen atoms in total. The Morgan fingerprint density at radius 1 is 0.784 bits per heavy atom. The lowest BCUT2D eigenvalue weighted by atomic mass is 9.77. The molecule has 0 aromatic heterocycles. The van der Waals surface area contributed by atoms with Crippen LogP contribution in [-0.4, -0.2) is 66.2 Å². The van der Waals surface area contributed by atoms with E-state index < -0.39 is 0 Å². The molecule has 0 bridgehead atoms. The van der Waals surface area contributed by atoms with E-state index in [4.69, 9.17) is 4.74 Å². The minimum Gasteiger partial charge on any atom is -0.494 e. The van der Waals surface area contributed by atoms with E-state index in [-0.39, 0.29) is 29.0 Å². The number of carbonyl (C=O) groups is 4. The lowest BCUT2D eigenvalue weighted by molar-refractivity contribution is -0.115. The summed E-state index contributed by atoms with van der Waals surface area (Å²) in [5.74, 6) is 0.114. The topological polar surface area (TPSA) is 108 Å². The molecule has 2 fully saturated rings. The van der Waals surface area contributed by atoms with Crippen molar-refractivity contribution in [2.24, 2.45) is 5.41 Å². The summed E-state index contributed by atoms with van der Waals surface area (Å²) >= 11 is 0. The number of anilines is 2. The van der Waals surface area contributed by atoms with Crippen LogP contribution in [0.4, 0.5) is 11.4 Å². The van der Waals surface area contributed by atoms with Crippen molar-refractivity contribution < 1.29 is 23.9 Å². The maximum Gasteiger partial charge on any atom is 0.253 e. The number of nitrogens with zero attached hydrogens (tertiary/aromatic N) is 2. The maximum atomic E-state index is 13.3. The predicted octanol–water partition coefficient (Wildman–Crippen LogP) is 3.77. The second kappa shape index (κ2) is 11.0. The molecule has 37 heavy (non-hydrogen) atoms. The van der Waals surface area contributed by atoms with Gasteiger partial charge in [-0.2, -0.15) is 0 Å². The molecule has 2 aliphatic heterocycles. The molecule has 4 amide bonds. The summed E-state index contributed by atoms with van der Waals surface area (Å²) in [5.41, 5.74) is 1.95. The fourth-order valence-electron chi connectivity index (χ4n) is 5.20. The maximum absolute atomic E-state index is 13.3. The third-order valence-electron chi connectivity index (χ3n) is 7.14. The molecule has 2 N–H and O–H groups in total. The highest BCUT2D eigenvalue weighted by Gasteiger charge is 2.43. The zero-order chi connectivity index (χ0) is 26.6. The standard InChI is InChI=1S/C28H34N4O5/c1-4-37-23-8-5-21(6-9-23)26(35)31-14-11-28(12-15-31)13-16-32(18-28)27(36)22-7-10-24(29-19(2)33)25(17-22)30-20(3)34/h5-10,17H,4,11-16,18H2,1-3H3,(H,29,33)(H,30,34). The van der Waals surface area contributed by atoms with Gasteiger partial charge in [-0.25, -0.2) is 0 Å². The monoisotopic (exact) mass is 506 g/mol. The molecule has 2 aliphatic rings. The van der Waals surface area contributed by atoms with Crippen molar-refractivity contribution in [2.45, 2.75) is 40.0 Å². The van der Waals surface area contributed by atoms with Gasteiger partial charge in [-0.1, -0.05) is 0 Å². The van der Waals surface area contributed by atoms with Gasteiger partial charge in [0.1, 0.15) is 5.75 Å². The van der Waals surface area contributed by atoms with Crippen LogP contribution >= 0.6 is 0 Å². The molecule has 196 valence electrons. The van der Waals surface area contributed by atoms with Crippen molar-refractivity contribution in [3.63, 3.8) is 0 Å². The van der Waals surface area contributed by atoms with Crippen molar-refractivity contribution >= 4 is 35.0 Å². The van der Waals surface area contributed by atoms with Gasteiger partial charge in [0.05, 0.1) is 18.0 Å². The van der Waals surface area contributed by atoms with Gasteiger partial charge < -0.3 is 25.2 Å². The Morgan fingerprint density at radius 2 is 1.32 bits per heavy atom. The predicted molar refractivity (Wildman–Crippen MR) is 141 cm³/mol. The number of ether oxygens (including phenoxy) is 1. The Hall–Kier alpha value is -3.88. The van der Waals surface area contributed by atoms with Gasteiger partial charge in [0, 0.05) is 51.2 Å². The quantitative estimate of drug-likeness (QED) is 0.620. The van der Waals surface area contributed by atoms with Gasteiger partial charge in [0.25, 0.3) is 11.8 Å². The molecule has 9 heteroatoms. The average Bonchev–Trinajstić information content (AvgIpc) is 3.28. The van der Waals surface area contributed by atoms with Crippen LogP contribution < -0.4 is 15.4 Å². The van der Waals surface area contributed by atoms with Crippen molar-refractivity contribution in [3.8, 4) is 5.75 Å². The zero-order valence-electron chi connectivity index (χ0n) is 21.6. The third-order valence-corrected chi connectivity index (χ3v) is 7.14. The molecular formula is C28H34N4O5. The van der Waals surface area contributed by atoms with Crippen molar-refractivity contribution in [2.75, 3.05) is 43.4 Å². The van der Waals surface area contributed by atoms with Crippen LogP contribution in [0, 0.1) is 5.41 Å². The minimum atomic E-state index is -0.289. The number of hydrogen-bond acceptors (Lipinski definition) is 5. The highest BCUT2D eigenvalue weighted by Crippen LogP contribution is 2.41. The zero-order valence-corrected chi connectivity index (χ0v) is 21.6. The highest BCUT2D eigenvalue weighted by atomic mass is 16.5. The summed E-state index contributed by atoms with van der Waals surface area (Å²) < 4.78 is 5.46. The van der Waals surface area contributed by atoms with E-state index in [9.17, 15) is 19.2 Å². The summed E-state index contributed by atoms with van der Waals surface area (Å²) in [7, 11) is 0. The Morgan fingerprint density at radius 3 is 1.92 bits per heavy atom. The number of benzene rings is 2. The number of carbonyl (C=O) groups excluding carboxylic acids is 4. The first-order valence-electron chi connectivity index (χ1n) is 12.7. The van der Waals surface area contributed by atoms with Gasteiger partial charge in [0.2, 0.25) is 11.8 Å². The molecule has 1 spiro atoms. The van der Waals surface area contributed by atoms with Crippen LogP contribution in [0.15, 0.2) is 42.5 Å². The van der Waals surface area contributed by atoms with Gasteiger partial charge in [-0.3, -0.25) is 19.2 Å². The Bertz CT molecular complexity index is 1190. The van der Waals surface area contributed by atoms with E-state index in [1.807, 2.05) is 28.9 Å². The second-order valence-corrected chi connectivity index (χ2v) is 9.85. The molecule has 2 aromatic rings. The lowest BCUT2D eigenvalue weighted by Crippen LogP contribution is -2.44. The number of rotatable bonds is 6. The van der Waals surface area contributed by atoms with Crippen LogP contribution in [0.5, 0.6) is 5.75 Å². The van der Waals surface area contributed by atoms with Crippen molar-refractivity contribution in [1.82, 2.24) is 9.80 Å². The number of amides is 4. The fourth-order valence-corrected chi connectivity index (χ4v) is 5.20. The third kappa shape index (κ3) is 6.10. The van der Waals surface area contributed by atoms with E-state index in [0.717, 1.165) is 25.0 Å². The molecule has 0 saturated carbocycles. The number of nitrogens with one attached hydrogen (secondary N) is 2. The summed E-state index contributed by atoms with van der Waals surface area (Å²) in [6.45, 7) is 7.88. The number of hydrogen-bond donors (Lipinski definition) is 2. The number of piperidine rings is 1. The molecule has 2 heterocycles. The van der Waals surface area contributed by atoms with E-state index >= 15 is 0 Å². The first-order chi connectivity index (χ1) is 17.7. The molecule has 4 rings (SSSR count). The lowest BCUT2D eigenvalue weighted by Gasteiger charge is -2.39. The fraction of sp³-hybridized carbons (Fsp3) is 0.429. The first kappa shape index (κ1) is 26.2. The van der Waals surface area contributed by atoms with Gasteiger partial charge in [-0.15, -0.1) is 0 Å². The van der Waals surface area contributed by atoms with Gasteiger partial charge in [0.15, 0.2) is 0 Å². The summed E-state index contributed by atoms with van der Waals surface area (Å²) in [6, 6.07) is 12.2. The SMILES string of the molecule is CCOc1ccc(C(=O)N2CCC3(CC2)CCN(C(=O)c2ccc(NC(C)=O)c(NC(C)=O)c2)C3)cc1. The van der Waals surface area contributed by atoms with Crippen molar-refractivity contribution in [1.29, 1.82) is 0 Å². The highest BCUT2D eigenvalue weighted by molar-refractivity contribution is 6.02. The first-order valence-corrected chi connectivity index (χ1v) is 12.7. The summed E-state index contributed by atoms with van der Waals surface area (Å²) in [5, 5.41) is 5.37. The molecular weight excluding hydrogens is 472 g/mol. The number of likely N-dealkylation sites (tertiary alicyclic amines) is 2.